The van der Waals surface area contributed by atoms with E-state index in [9.17, 15) is 14.3 Å². The molecule has 5 nitrogen and oxygen atoms in total. The molecule has 0 bridgehead atoms. The average molecular weight is 393 g/mol. The molecule has 29 heavy (non-hydrogen) atoms. The lowest BCUT2D eigenvalue weighted by molar-refractivity contribution is 0.0696. The lowest BCUT2D eigenvalue weighted by Gasteiger charge is -2.11. The minimum absolute atomic E-state index is 0.250. The summed E-state index contributed by atoms with van der Waals surface area (Å²) in [5.41, 5.74) is 3.73. The van der Waals surface area contributed by atoms with Crippen LogP contribution in [0.5, 0.6) is 0 Å². The number of carboxylic acids is 1. The average Bonchev–Trinajstić information content (AvgIpc) is 3.05. The molecule has 0 radical (unpaired) electrons. The highest BCUT2D eigenvalue weighted by Gasteiger charge is 2.11. The highest BCUT2D eigenvalue weighted by atomic mass is 19.1. The first-order valence-corrected chi connectivity index (χ1v) is 9.58. The Morgan fingerprint density at radius 1 is 1.21 bits per heavy atom. The number of carbonyl (C=O) groups is 1. The molecule has 0 atom stereocenters. The van der Waals surface area contributed by atoms with Crippen molar-refractivity contribution in [2.75, 3.05) is 0 Å². The molecule has 3 aromatic rings. The number of halogens is 1. The van der Waals surface area contributed by atoms with Gasteiger partial charge in [-0.25, -0.2) is 14.2 Å². The van der Waals surface area contributed by atoms with Crippen molar-refractivity contribution in [2.24, 2.45) is 0 Å². The molecule has 1 aromatic carbocycles. The van der Waals surface area contributed by atoms with Crippen LogP contribution < -0.4 is 0 Å². The van der Waals surface area contributed by atoms with E-state index in [2.05, 4.69) is 14.5 Å². The number of hydrogen-bond donors (Lipinski definition) is 1. The van der Waals surface area contributed by atoms with E-state index < -0.39 is 5.97 Å². The van der Waals surface area contributed by atoms with Crippen molar-refractivity contribution in [3.8, 4) is 0 Å². The van der Waals surface area contributed by atoms with E-state index in [1.54, 1.807) is 31.2 Å². The van der Waals surface area contributed by atoms with Crippen LogP contribution in [0.2, 0.25) is 0 Å². The molecule has 0 fully saturated rings. The van der Waals surface area contributed by atoms with Crippen LogP contribution in [0, 0.1) is 12.7 Å². The van der Waals surface area contributed by atoms with Gasteiger partial charge in [-0.1, -0.05) is 18.2 Å². The summed E-state index contributed by atoms with van der Waals surface area (Å²) < 4.78 is 15.3. The van der Waals surface area contributed by atoms with Gasteiger partial charge in [0, 0.05) is 24.4 Å². The van der Waals surface area contributed by atoms with Gasteiger partial charge in [0.1, 0.15) is 11.6 Å². The van der Waals surface area contributed by atoms with Gasteiger partial charge in [0.15, 0.2) is 0 Å². The van der Waals surface area contributed by atoms with Gasteiger partial charge in [-0.2, -0.15) is 0 Å². The van der Waals surface area contributed by atoms with Crippen molar-refractivity contribution in [1.29, 1.82) is 0 Å². The summed E-state index contributed by atoms with van der Waals surface area (Å²) in [6.07, 6.45) is 8.01. The van der Waals surface area contributed by atoms with Gasteiger partial charge in [0.25, 0.3) is 0 Å². The van der Waals surface area contributed by atoms with Crippen LogP contribution in [0.25, 0.3) is 6.08 Å². The molecule has 0 saturated heterocycles. The molecule has 6 heteroatoms. The lowest BCUT2D eigenvalue weighted by Crippen LogP contribution is -2.08. The molecule has 1 N–H and O–H groups in total. The Hall–Kier alpha value is -3.28. The number of carboxylic acid groups (broad SMARTS) is 1. The molecule has 2 aromatic heterocycles. The first-order valence-electron chi connectivity index (χ1n) is 9.58. The molecular formula is C23H24FN3O2. The van der Waals surface area contributed by atoms with Gasteiger partial charge in [0.05, 0.1) is 17.5 Å². The van der Waals surface area contributed by atoms with Crippen molar-refractivity contribution >= 4 is 12.0 Å². The van der Waals surface area contributed by atoms with Gasteiger partial charge >= 0.3 is 5.97 Å². The molecule has 0 spiro atoms. The molecule has 0 aliphatic heterocycles. The predicted molar refractivity (Wildman–Crippen MR) is 110 cm³/mol. The summed E-state index contributed by atoms with van der Waals surface area (Å²) in [4.78, 5) is 20.2. The molecular weight excluding hydrogens is 369 g/mol. The standard InChI is InChI=1S/C23H24FN3O2/c1-3-5-21-14-25-22(27(21)15-17-8-10-19(24)11-9-17)7-4-6-20-13-18(23(28)29)12-16(2)26-20/h3,5,8-14H,4,6-7,15H2,1-2H3,(H,28,29)/b5-3-. The third-order valence-electron chi connectivity index (χ3n) is 4.65. The SMILES string of the molecule is C/C=C\c1cnc(CCCc2cc(C(=O)O)cc(C)n2)n1Cc1ccc(F)cc1. The summed E-state index contributed by atoms with van der Waals surface area (Å²) in [5, 5.41) is 9.21. The Labute approximate surface area is 169 Å². The number of hydrogen-bond acceptors (Lipinski definition) is 3. The highest BCUT2D eigenvalue weighted by Crippen LogP contribution is 2.15. The van der Waals surface area contributed by atoms with Gasteiger partial charge < -0.3 is 9.67 Å². The monoisotopic (exact) mass is 393 g/mol. The topological polar surface area (TPSA) is 68.0 Å². The normalized spacial score (nSPS) is 11.3. The zero-order valence-electron chi connectivity index (χ0n) is 16.6. The van der Waals surface area contributed by atoms with E-state index in [4.69, 9.17) is 0 Å². The van der Waals surface area contributed by atoms with E-state index in [-0.39, 0.29) is 11.4 Å². The number of pyridine rings is 1. The van der Waals surface area contributed by atoms with Crippen LogP contribution in [0.3, 0.4) is 0 Å². The number of benzene rings is 1. The molecule has 0 amide bonds. The maximum atomic E-state index is 13.2. The third-order valence-corrected chi connectivity index (χ3v) is 4.65. The number of nitrogens with zero attached hydrogens (tertiary/aromatic N) is 3. The maximum Gasteiger partial charge on any atom is 0.335 e. The summed E-state index contributed by atoms with van der Waals surface area (Å²) >= 11 is 0. The van der Waals surface area contributed by atoms with Crippen LogP contribution in [0.15, 0.2) is 48.7 Å². The Morgan fingerprint density at radius 3 is 2.66 bits per heavy atom. The van der Waals surface area contributed by atoms with Crippen LogP contribution in [0.1, 0.15) is 52.2 Å². The number of allylic oxidation sites excluding steroid dienone is 1. The summed E-state index contributed by atoms with van der Waals surface area (Å²) in [7, 11) is 0. The second-order valence-electron chi connectivity index (χ2n) is 6.96. The summed E-state index contributed by atoms with van der Waals surface area (Å²) in [6.45, 7) is 4.37. The number of aromatic carboxylic acids is 1. The Morgan fingerprint density at radius 2 is 1.97 bits per heavy atom. The zero-order valence-corrected chi connectivity index (χ0v) is 16.6. The third kappa shape index (κ3) is 5.38. The van der Waals surface area contributed by atoms with E-state index in [1.807, 2.05) is 25.3 Å². The fourth-order valence-electron chi connectivity index (χ4n) is 3.30. The van der Waals surface area contributed by atoms with Crippen molar-refractivity contribution < 1.29 is 14.3 Å². The van der Waals surface area contributed by atoms with Crippen molar-refractivity contribution in [3.63, 3.8) is 0 Å². The van der Waals surface area contributed by atoms with Crippen LogP contribution >= 0.6 is 0 Å². The Bertz CT molecular complexity index is 1020. The van der Waals surface area contributed by atoms with E-state index in [1.165, 1.54) is 12.1 Å². The first-order chi connectivity index (χ1) is 14.0. The minimum Gasteiger partial charge on any atom is -0.478 e. The van der Waals surface area contributed by atoms with Crippen molar-refractivity contribution in [3.05, 3.63) is 88.5 Å². The zero-order chi connectivity index (χ0) is 20.8. The lowest BCUT2D eigenvalue weighted by atomic mass is 10.1. The number of aromatic nitrogens is 3. The smallest absolute Gasteiger partial charge is 0.335 e. The summed E-state index contributed by atoms with van der Waals surface area (Å²) in [5.74, 6) is -0.254. The van der Waals surface area contributed by atoms with Crippen LogP contribution in [0.4, 0.5) is 4.39 Å². The molecule has 3 rings (SSSR count). The van der Waals surface area contributed by atoms with Gasteiger partial charge in [-0.15, -0.1) is 0 Å². The first kappa shape index (κ1) is 20.5. The molecule has 0 aliphatic rings. The van der Waals surface area contributed by atoms with Crippen LogP contribution in [-0.2, 0) is 19.4 Å². The van der Waals surface area contributed by atoms with Gasteiger partial charge in [0.2, 0.25) is 0 Å². The molecule has 2 heterocycles. The fourth-order valence-corrected chi connectivity index (χ4v) is 3.30. The van der Waals surface area contributed by atoms with Gasteiger partial charge in [-0.05, 0) is 62.6 Å². The highest BCUT2D eigenvalue weighted by molar-refractivity contribution is 5.87. The van der Waals surface area contributed by atoms with Gasteiger partial charge in [-0.3, -0.25) is 4.98 Å². The fraction of sp³-hybridized carbons (Fsp3) is 0.261. The van der Waals surface area contributed by atoms with Crippen LogP contribution in [-0.4, -0.2) is 25.6 Å². The van der Waals surface area contributed by atoms with Crippen molar-refractivity contribution in [1.82, 2.24) is 14.5 Å². The summed E-state index contributed by atoms with van der Waals surface area (Å²) in [6, 6.07) is 9.69. The molecule has 150 valence electrons. The second-order valence-corrected chi connectivity index (χ2v) is 6.96. The molecule has 0 unspecified atom stereocenters. The van der Waals surface area contributed by atoms with E-state index in [0.29, 0.717) is 18.7 Å². The second kappa shape index (κ2) is 9.28. The van der Waals surface area contributed by atoms with Crippen molar-refractivity contribution in [2.45, 2.75) is 39.7 Å². The quantitative estimate of drug-likeness (QED) is 0.603. The molecule has 0 aliphatic carbocycles. The number of rotatable bonds is 8. The number of imidazole rings is 1. The Kier molecular flexibility index (Phi) is 6.54. The molecule has 0 saturated carbocycles. The van der Waals surface area contributed by atoms with E-state index >= 15 is 0 Å². The minimum atomic E-state index is -0.942. The largest absolute Gasteiger partial charge is 0.478 e. The Balaban J connectivity index is 1.74. The maximum absolute atomic E-state index is 13.2. The predicted octanol–water partition coefficient (Wildman–Crippen LogP) is 4.68. The van der Waals surface area contributed by atoms with E-state index in [0.717, 1.165) is 35.6 Å². The number of aryl methyl sites for hydroxylation is 3.